The molecule has 0 fully saturated rings. The van der Waals surface area contributed by atoms with Crippen molar-refractivity contribution in [2.24, 2.45) is 5.92 Å². The maximum absolute atomic E-state index is 5.89. The average Bonchev–Trinajstić information content (AvgIpc) is 2.97. The fourth-order valence-corrected chi connectivity index (χ4v) is 2.28. The lowest BCUT2D eigenvalue weighted by molar-refractivity contribution is 0.357. The average molecular weight is 273 g/mol. The SMILES string of the molecule is CCC(C)C(c1ccccc1)c1nnc(C(C)NC)o1. The fraction of sp³-hybridized carbons (Fsp3) is 0.500. The first-order chi connectivity index (χ1) is 9.67. The molecule has 0 spiro atoms. The molecule has 0 aliphatic rings. The van der Waals surface area contributed by atoms with Gasteiger partial charge in [0.05, 0.1) is 12.0 Å². The summed E-state index contributed by atoms with van der Waals surface area (Å²) in [5.74, 6) is 1.97. The lowest BCUT2D eigenvalue weighted by atomic mass is 9.85. The third-order valence-electron chi connectivity index (χ3n) is 3.90. The molecular weight excluding hydrogens is 250 g/mol. The fourth-order valence-electron chi connectivity index (χ4n) is 2.28. The summed E-state index contributed by atoms with van der Waals surface area (Å²) >= 11 is 0. The van der Waals surface area contributed by atoms with Crippen LogP contribution in [0.4, 0.5) is 0 Å². The molecule has 4 nitrogen and oxygen atoms in total. The van der Waals surface area contributed by atoms with Crippen molar-refractivity contribution >= 4 is 0 Å². The van der Waals surface area contributed by atoms with Gasteiger partial charge in [-0.05, 0) is 25.5 Å². The number of aromatic nitrogens is 2. The van der Waals surface area contributed by atoms with Gasteiger partial charge in [-0.2, -0.15) is 0 Å². The number of hydrogen-bond donors (Lipinski definition) is 1. The Labute approximate surface area is 120 Å². The van der Waals surface area contributed by atoms with Crippen molar-refractivity contribution in [3.63, 3.8) is 0 Å². The topological polar surface area (TPSA) is 51.0 Å². The molecule has 108 valence electrons. The summed E-state index contributed by atoms with van der Waals surface area (Å²) in [5, 5.41) is 11.6. The zero-order valence-electron chi connectivity index (χ0n) is 12.6. The van der Waals surface area contributed by atoms with Crippen molar-refractivity contribution in [3.8, 4) is 0 Å². The first-order valence-corrected chi connectivity index (χ1v) is 7.22. The van der Waals surface area contributed by atoms with E-state index in [1.54, 1.807) is 0 Å². The molecule has 1 aromatic carbocycles. The van der Waals surface area contributed by atoms with Crippen LogP contribution in [0, 0.1) is 5.92 Å². The molecule has 0 bridgehead atoms. The second kappa shape index (κ2) is 6.66. The molecule has 0 amide bonds. The highest BCUT2D eigenvalue weighted by Crippen LogP contribution is 2.33. The van der Waals surface area contributed by atoms with Gasteiger partial charge in [-0.1, -0.05) is 50.6 Å². The predicted octanol–water partition coefficient (Wildman–Crippen LogP) is 3.53. The van der Waals surface area contributed by atoms with Crippen LogP contribution in [0.1, 0.15) is 56.5 Å². The van der Waals surface area contributed by atoms with Crippen LogP contribution in [0.3, 0.4) is 0 Å². The summed E-state index contributed by atoms with van der Waals surface area (Å²) in [6, 6.07) is 10.5. The number of rotatable bonds is 6. The Kier molecular flexibility index (Phi) is 4.90. The third kappa shape index (κ3) is 3.07. The van der Waals surface area contributed by atoms with Gasteiger partial charge in [0.15, 0.2) is 0 Å². The molecule has 0 radical (unpaired) electrons. The van der Waals surface area contributed by atoms with Crippen molar-refractivity contribution in [2.75, 3.05) is 7.05 Å². The largest absolute Gasteiger partial charge is 0.423 e. The van der Waals surface area contributed by atoms with E-state index in [9.17, 15) is 0 Å². The normalized spacial score (nSPS) is 15.8. The minimum atomic E-state index is 0.0737. The Balaban J connectivity index is 2.35. The van der Waals surface area contributed by atoms with Crippen LogP contribution in [0.15, 0.2) is 34.7 Å². The monoisotopic (exact) mass is 273 g/mol. The van der Waals surface area contributed by atoms with Gasteiger partial charge in [0.2, 0.25) is 11.8 Å². The van der Waals surface area contributed by atoms with Gasteiger partial charge in [0.25, 0.3) is 0 Å². The minimum Gasteiger partial charge on any atom is -0.423 e. The predicted molar refractivity (Wildman–Crippen MR) is 79.5 cm³/mol. The Bertz CT molecular complexity index is 524. The van der Waals surface area contributed by atoms with Crippen LogP contribution < -0.4 is 5.32 Å². The molecule has 2 aromatic rings. The van der Waals surface area contributed by atoms with E-state index in [1.807, 2.05) is 20.0 Å². The van der Waals surface area contributed by atoms with E-state index in [0.717, 1.165) is 6.42 Å². The lowest BCUT2D eigenvalue weighted by Crippen LogP contribution is -2.12. The lowest BCUT2D eigenvalue weighted by Gasteiger charge is -2.19. The highest BCUT2D eigenvalue weighted by molar-refractivity contribution is 5.25. The Morgan fingerprint density at radius 1 is 1.10 bits per heavy atom. The molecule has 1 heterocycles. The second-order valence-electron chi connectivity index (χ2n) is 5.26. The van der Waals surface area contributed by atoms with E-state index in [0.29, 0.717) is 17.7 Å². The van der Waals surface area contributed by atoms with Crippen molar-refractivity contribution in [2.45, 2.75) is 39.2 Å². The second-order valence-corrected chi connectivity index (χ2v) is 5.26. The number of benzene rings is 1. The van der Waals surface area contributed by atoms with Gasteiger partial charge in [-0.15, -0.1) is 10.2 Å². The quantitative estimate of drug-likeness (QED) is 0.874. The standard InChI is InChI=1S/C16H23N3O/c1-5-11(2)14(13-9-7-6-8-10-13)16-19-18-15(20-16)12(3)17-4/h6-12,14,17H,5H2,1-4H3. The van der Waals surface area contributed by atoms with Gasteiger partial charge in [0.1, 0.15) is 0 Å². The number of nitrogens with one attached hydrogen (secondary N) is 1. The van der Waals surface area contributed by atoms with Crippen molar-refractivity contribution in [1.82, 2.24) is 15.5 Å². The molecule has 0 saturated heterocycles. The highest BCUT2D eigenvalue weighted by atomic mass is 16.4. The van der Waals surface area contributed by atoms with E-state index in [2.05, 4.69) is 53.6 Å². The van der Waals surface area contributed by atoms with Crippen LogP contribution in [0.5, 0.6) is 0 Å². The van der Waals surface area contributed by atoms with Crippen molar-refractivity contribution < 1.29 is 4.42 Å². The van der Waals surface area contributed by atoms with Crippen molar-refractivity contribution in [3.05, 3.63) is 47.7 Å². The summed E-state index contributed by atoms with van der Waals surface area (Å²) < 4.78 is 5.89. The van der Waals surface area contributed by atoms with Crippen LogP contribution in [0.2, 0.25) is 0 Å². The van der Waals surface area contributed by atoms with Gasteiger partial charge in [-0.3, -0.25) is 0 Å². The Morgan fingerprint density at radius 2 is 1.75 bits per heavy atom. The van der Waals surface area contributed by atoms with E-state index in [1.165, 1.54) is 5.56 Å². The van der Waals surface area contributed by atoms with E-state index in [4.69, 9.17) is 4.42 Å². The molecule has 1 N–H and O–H groups in total. The van der Waals surface area contributed by atoms with Crippen LogP contribution >= 0.6 is 0 Å². The molecular formula is C16H23N3O. The molecule has 3 atom stereocenters. The molecule has 0 saturated carbocycles. The Morgan fingerprint density at radius 3 is 2.35 bits per heavy atom. The first-order valence-electron chi connectivity index (χ1n) is 7.22. The van der Waals surface area contributed by atoms with E-state index in [-0.39, 0.29) is 12.0 Å². The summed E-state index contributed by atoms with van der Waals surface area (Å²) in [6.45, 7) is 6.43. The summed E-state index contributed by atoms with van der Waals surface area (Å²) in [4.78, 5) is 0. The Hall–Kier alpha value is -1.68. The molecule has 1 aromatic heterocycles. The van der Waals surface area contributed by atoms with Crippen LogP contribution in [-0.2, 0) is 0 Å². The summed E-state index contributed by atoms with van der Waals surface area (Å²) in [6.07, 6.45) is 1.07. The van der Waals surface area contributed by atoms with Gasteiger partial charge >= 0.3 is 0 Å². The van der Waals surface area contributed by atoms with E-state index < -0.39 is 0 Å². The summed E-state index contributed by atoms with van der Waals surface area (Å²) in [5.41, 5.74) is 1.23. The maximum atomic E-state index is 5.89. The zero-order chi connectivity index (χ0) is 14.5. The maximum Gasteiger partial charge on any atom is 0.233 e. The zero-order valence-corrected chi connectivity index (χ0v) is 12.6. The smallest absolute Gasteiger partial charge is 0.233 e. The molecule has 20 heavy (non-hydrogen) atoms. The summed E-state index contributed by atoms with van der Waals surface area (Å²) in [7, 11) is 1.89. The number of hydrogen-bond acceptors (Lipinski definition) is 4. The molecule has 0 aliphatic carbocycles. The van der Waals surface area contributed by atoms with Crippen LogP contribution in [0.25, 0.3) is 0 Å². The molecule has 0 aliphatic heterocycles. The van der Waals surface area contributed by atoms with Gasteiger partial charge in [0, 0.05) is 0 Å². The van der Waals surface area contributed by atoms with Gasteiger partial charge in [-0.25, -0.2) is 0 Å². The van der Waals surface area contributed by atoms with Crippen LogP contribution in [-0.4, -0.2) is 17.2 Å². The minimum absolute atomic E-state index is 0.0737. The third-order valence-corrected chi connectivity index (χ3v) is 3.90. The van der Waals surface area contributed by atoms with Crippen molar-refractivity contribution in [1.29, 1.82) is 0 Å². The first kappa shape index (κ1) is 14.7. The molecule has 4 heteroatoms. The van der Waals surface area contributed by atoms with E-state index >= 15 is 0 Å². The highest BCUT2D eigenvalue weighted by Gasteiger charge is 2.26. The molecule has 2 rings (SSSR count). The van der Waals surface area contributed by atoms with Gasteiger partial charge < -0.3 is 9.73 Å². The number of nitrogens with zero attached hydrogens (tertiary/aromatic N) is 2. The molecule has 3 unspecified atom stereocenters.